The summed E-state index contributed by atoms with van der Waals surface area (Å²) in [6, 6.07) is 0. The van der Waals surface area contributed by atoms with Crippen molar-refractivity contribution in [1.29, 1.82) is 0 Å². The van der Waals surface area contributed by atoms with Crippen LogP contribution in [-0.2, 0) is 0 Å². The summed E-state index contributed by atoms with van der Waals surface area (Å²) in [6.07, 6.45) is 10.9. The van der Waals surface area contributed by atoms with E-state index in [9.17, 15) is 5.11 Å². The molecule has 1 heteroatoms. The van der Waals surface area contributed by atoms with Gasteiger partial charge in [0.05, 0.1) is 6.10 Å². The van der Waals surface area contributed by atoms with Crippen molar-refractivity contribution in [1.82, 2.24) is 0 Å². The highest BCUT2D eigenvalue weighted by Gasteiger charge is 2.00. The lowest BCUT2D eigenvalue weighted by Crippen LogP contribution is -2.04. The Morgan fingerprint density at radius 3 is 2.82 bits per heavy atom. The molecule has 1 unspecified atom stereocenters. The lowest BCUT2D eigenvalue weighted by atomic mass is 10.1. The SMILES string of the molecule is C#CCCC(O)CCCC=C. The summed E-state index contributed by atoms with van der Waals surface area (Å²) in [5, 5.41) is 9.28. The minimum atomic E-state index is -0.217. The molecule has 0 aromatic heterocycles. The fourth-order valence-electron chi connectivity index (χ4n) is 0.892. The molecular formula is C10H16O. The van der Waals surface area contributed by atoms with Crippen LogP contribution in [-0.4, -0.2) is 11.2 Å². The van der Waals surface area contributed by atoms with Gasteiger partial charge in [0.15, 0.2) is 0 Å². The smallest absolute Gasteiger partial charge is 0.0549 e. The number of aliphatic hydroxyl groups is 1. The third-order valence-electron chi connectivity index (χ3n) is 1.57. The molecule has 1 N–H and O–H groups in total. The number of unbranched alkanes of at least 4 members (excludes halogenated alkanes) is 1. The quantitative estimate of drug-likeness (QED) is 0.351. The van der Waals surface area contributed by atoms with Crippen LogP contribution in [0.5, 0.6) is 0 Å². The van der Waals surface area contributed by atoms with E-state index in [-0.39, 0.29) is 6.10 Å². The van der Waals surface area contributed by atoms with Crippen molar-refractivity contribution in [2.45, 2.75) is 38.2 Å². The highest BCUT2D eigenvalue weighted by Crippen LogP contribution is 2.06. The molecule has 0 radical (unpaired) electrons. The maximum absolute atomic E-state index is 9.28. The third kappa shape index (κ3) is 7.15. The van der Waals surface area contributed by atoms with E-state index in [1.54, 1.807) is 0 Å². The minimum absolute atomic E-state index is 0.217. The molecule has 11 heavy (non-hydrogen) atoms. The average molecular weight is 152 g/mol. The highest BCUT2D eigenvalue weighted by molar-refractivity contribution is 4.84. The van der Waals surface area contributed by atoms with Crippen molar-refractivity contribution < 1.29 is 5.11 Å². The van der Waals surface area contributed by atoms with Gasteiger partial charge in [0.25, 0.3) is 0 Å². The van der Waals surface area contributed by atoms with Crippen molar-refractivity contribution in [3.63, 3.8) is 0 Å². The maximum atomic E-state index is 9.28. The Labute approximate surface area is 69.1 Å². The van der Waals surface area contributed by atoms with Crippen molar-refractivity contribution in [3.05, 3.63) is 12.7 Å². The van der Waals surface area contributed by atoms with Crippen LogP contribution in [0.15, 0.2) is 12.7 Å². The molecule has 0 bridgehead atoms. The van der Waals surface area contributed by atoms with E-state index in [1.165, 1.54) is 0 Å². The van der Waals surface area contributed by atoms with Gasteiger partial charge in [0, 0.05) is 6.42 Å². The normalized spacial score (nSPS) is 12.0. The summed E-state index contributed by atoms with van der Waals surface area (Å²) in [6.45, 7) is 3.61. The van der Waals surface area contributed by atoms with Crippen LogP contribution in [0.3, 0.4) is 0 Å². The highest BCUT2D eigenvalue weighted by atomic mass is 16.3. The lowest BCUT2D eigenvalue weighted by molar-refractivity contribution is 0.154. The van der Waals surface area contributed by atoms with Crippen LogP contribution in [0.4, 0.5) is 0 Å². The van der Waals surface area contributed by atoms with E-state index < -0.39 is 0 Å². The molecule has 0 aromatic carbocycles. The predicted octanol–water partition coefficient (Wildman–Crippen LogP) is 2.12. The van der Waals surface area contributed by atoms with Crippen molar-refractivity contribution >= 4 is 0 Å². The van der Waals surface area contributed by atoms with Crippen molar-refractivity contribution in [3.8, 4) is 12.3 Å². The zero-order valence-electron chi connectivity index (χ0n) is 6.92. The largest absolute Gasteiger partial charge is 0.393 e. The van der Waals surface area contributed by atoms with Gasteiger partial charge in [0.2, 0.25) is 0 Å². The van der Waals surface area contributed by atoms with E-state index in [0.717, 1.165) is 25.7 Å². The van der Waals surface area contributed by atoms with Gasteiger partial charge < -0.3 is 5.11 Å². The summed E-state index contributed by atoms with van der Waals surface area (Å²) < 4.78 is 0. The summed E-state index contributed by atoms with van der Waals surface area (Å²) >= 11 is 0. The number of aliphatic hydroxyl groups excluding tert-OH is 1. The predicted molar refractivity (Wildman–Crippen MR) is 48.1 cm³/mol. The Morgan fingerprint density at radius 2 is 2.27 bits per heavy atom. The first kappa shape index (κ1) is 10.3. The Hall–Kier alpha value is -0.740. The summed E-state index contributed by atoms with van der Waals surface area (Å²) in [7, 11) is 0. The van der Waals surface area contributed by atoms with E-state index >= 15 is 0 Å². The molecule has 0 amide bonds. The van der Waals surface area contributed by atoms with Gasteiger partial charge in [-0.2, -0.15) is 0 Å². The third-order valence-corrected chi connectivity index (χ3v) is 1.57. The molecule has 0 fully saturated rings. The molecule has 0 saturated carbocycles. The van der Waals surface area contributed by atoms with Gasteiger partial charge in [0.1, 0.15) is 0 Å². The molecule has 0 spiro atoms. The maximum Gasteiger partial charge on any atom is 0.0549 e. The Kier molecular flexibility index (Phi) is 6.87. The van der Waals surface area contributed by atoms with E-state index in [0.29, 0.717) is 6.42 Å². The van der Waals surface area contributed by atoms with Crippen LogP contribution in [0.1, 0.15) is 32.1 Å². The van der Waals surface area contributed by atoms with Crippen LogP contribution in [0, 0.1) is 12.3 Å². The van der Waals surface area contributed by atoms with Gasteiger partial charge in [-0.3, -0.25) is 0 Å². The Balaban J connectivity index is 3.16. The fraction of sp³-hybridized carbons (Fsp3) is 0.600. The second kappa shape index (κ2) is 7.37. The second-order valence-electron chi connectivity index (χ2n) is 2.62. The topological polar surface area (TPSA) is 20.2 Å². The first-order valence-electron chi connectivity index (χ1n) is 4.03. The monoisotopic (exact) mass is 152 g/mol. The standard InChI is InChI=1S/C10H16O/c1-3-5-7-9-10(11)8-6-4-2/h2-3,10-11H,1,5-9H2. The van der Waals surface area contributed by atoms with Crippen molar-refractivity contribution in [2.24, 2.45) is 0 Å². The van der Waals surface area contributed by atoms with Crippen LogP contribution < -0.4 is 0 Å². The lowest BCUT2D eigenvalue weighted by Gasteiger charge is -2.06. The molecule has 0 aliphatic rings. The number of terminal acetylenes is 1. The minimum Gasteiger partial charge on any atom is -0.393 e. The van der Waals surface area contributed by atoms with Crippen LogP contribution in [0.25, 0.3) is 0 Å². The van der Waals surface area contributed by atoms with Gasteiger partial charge in [-0.15, -0.1) is 18.9 Å². The first-order valence-corrected chi connectivity index (χ1v) is 4.03. The van der Waals surface area contributed by atoms with Crippen molar-refractivity contribution in [2.75, 3.05) is 0 Å². The Bertz CT molecular complexity index is 132. The van der Waals surface area contributed by atoms with Gasteiger partial charge in [-0.1, -0.05) is 6.08 Å². The van der Waals surface area contributed by atoms with Gasteiger partial charge in [-0.25, -0.2) is 0 Å². The molecular weight excluding hydrogens is 136 g/mol. The van der Waals surface area contributed by atoms with Gasteiger partial charge in [-0.05, 0) is 25.7 Å². The molecule has 0 heterocycles. The number of rotatable bonds is 6. The molecule has 1 atom stereocenters. The average Bonchev–Trinajstić information content (AvgIpc) is 2.01. The molecule has 62 valence electrons. The molecule has 0 saturated heterocycles. The molecule has 1 nitrogen and oxygen atoms in total. The van der Waals surface area contributed by atoms with Crippen LogP contribution >= 0.6 is 0 Å². The van der Waals surface area contributed by atoms with Crippen LogP contribution in [0.2, 0.25) is 0 Å². The number of allylic oxidation sites excluding steroid dienone is 1. The van der Waals surface area contributed by atoms with E-state index in [1.807, 2.05) is 6.08 Å². The second-order valence-corrected chi connectivity index (χ2v) is 2.62. The molecule has 0 aliphatic heterocycles. The zero-order chi connectivity index (χ0) is 8.53. The number of hydrogen-bond acceptors (Lipinski definition) is 1. The summed E-state index contributed by atoms with van der Waals surface area (Å²) in [5.74, 6) is 2.51. The van der Waals surface area contributed by atoms with Gasteiger partial charge >= 0.3 is 0 Å². The number of hydrogen-bond donors (Lipinski definition) is 1. The molecule has 0 aromatic rings. The van der Waals surface area contributed by atoms with E-state index in [4.69, 9.17) is 6.42 Å². The molecule has 0 aliphatic carbocycles. The first-order chi connectivity index (χ1) is 5.31. The van der Waals surface area contributed by atoms with E-state index in [2.05, 4.69) is 12.5 Å². The summed E-state index contributed by atoms with van der Waals surface area (Å²) in [5.41, 5.74) is 0. The zero-order valence-corrected chi connectivity index (χ0v) is 6.92. The molecule has 0 rings (SSSR count). The Morgan fingerprint density at radius 1 is 1.55 bits per heavy atom. The fourth-order valence-corrected chi connectivity index (χ4v) is 0.892. The summed E-state index contributed by atoms with van der Waals surface area (Å²) in [4.78, 5) is 0.